The molecule has 8 nitrogen and oxygen atoms in total. The van der Waals surface area contributed by atoms with Crippen molar-refractivity contribution in [3.63, 3.8) is 0 Å². The highest BCUT2D eigenvalue weighted by Crippen LogP contribution is 2.43. The van der Waals surface area contributed by atoms with Gasteiger partial charge in [0, 0.05) is 61.3 Å². The van der Waals surface area contributed by atoms with E-state index < -0.39 is 35.4 Å². The number of hydrogen-bond donors (Lipinski definition) is 2. The molecule has 1 amide bonds. The second-order valence-corrected chi connectivity index (χ2v) is 12.5. The number of methoxy groups -OCH3 is 1. The predicted octanol–water partition coefficient (Wildman–Crippen LogP) is 7.94. The number of anilines is 1. The SMILES string of the molecule is COC1CCC(NC/C=C/C(=O)Nc2c(F)cc(C(=O)c3ccc4c(-c5c(C(F)F)cc6c(nc(C)n6C)c5Cl)cccn34)cc2F)CC1. The average Bonchev–Trinajstić information content (AvgIpc) is 3.65. The Labute approximate surface area is 284 Å². The van der Waals surface area contributed by atoms with Gasteiger partial charge in [-0.15, -0.1) is 0 Å². The Balaban J connectivity index is 1.22. The number of hydrogen-bond acceptors (Lipinski definition) is 5. The highest BCUT2D eigenvalue weighted by atomic mass is 35.5. The van der Waals surface area contributed by atoms with Crippen LogP contribution in [0.5, 0.6) is 0 Å². The van der Waals surface area contributed by atoms with Crippen molar-refractivity contribution < 1.29 is 31.9 Å². The first-order valence-corrected chi connectivity index (χ1v) is 16.2. The maximum absolute atomic E-state index is 15.1. The van der Waals surface area contributed by atoms with Crippen LogP contribution in [0.25, 0.3) is 27.7 Å². The Morgan fingerprint density at radius 1 is 1.08 bits per heavy atom. The molecule has 0 bridgehead atoms. The molecule has 1 aliphatic rings. The zero-order chi connectivity index (χ0) is 35.0. The third-order valence-corrected chi connectivity index (χ3v) is 9.52. The van der Waals surface area contributed by atoms with Gasteiger partial charge in [0.05, 0.1) is 27.9 Å². The molecule has 13 heteroatoms. The summed E-state index contributed by atoms with van der Waals surface area (Å²) >= 11 is 6.73. The Kier molecular flexibility index (Phi) is 9.91. The normalized spacial score (nSPS) is 16.8. The third kappa shape index (κ3) is 6.72. The van der Waals surface area contributed by atoms with Gasteiger partial charge in [-0.2, -0.15) is 0 Å². The summed E-state index contributed by atoms with van der Waals surface area (Å²) in [6.07, 6.45) is 5.53. The lowest BCUT2D eigenvalue weighted by Gasteiger charge is -2.27. The first kappa shape index (κ1) is 34.3. The lowest BCUT2D eigenvalue weighted by Crippen LogP contribution is -2.35. The molecule has 0 spiro atoms. The molecule has 0 unspecified atom stereocenters. The molecule has 3 aromatic heterocycles. The number of rotatable bonds is 10. The van der Waals surface area contributed by atoms with Crippen molar-refractivity contribution in [3.05, 3.63) is 100 Å². The number of aryl methyl sites for hydroxylation is 2. The summed E-state index contributed by atoms with van der Waals surface area (Å²) in [6, 6.07) is 9.50. The van der Waals surface area contributed by atoms with Gasteiger partial charge < -0.3 is 24.3 Å². The van der Waals surface area contributed by atoms with Crippen LogP contribution in [0.1, 0.15) is 59.5 Å². The van der Waals surface area contributed by atoms with Crippen LogP contribution < -0.4 is 10.6 Å². The van der Waals surface area contributed by atoms with Crippen molar-refractivity contribution >= 4 is 45.5 Å². The second kappa shape index (κ2) is 14.1. The van der Waals surface area contributed by atoms with E-state index in [1.165, 1.54) is 22.6 Å². The molecule has 0 atom stereocenters. The maximum atomic E-state index is 15.1. The van der Waals surface area contributed by atoms with E-state index in [0.29, 0.717) is 40.5 Å². The van der Waals surface area contributed by atoms with Gasteiger partial charge >= 0.3 is 0 Å². The highest BCUT2D eigenvalue weighted by Gasteiger charge is 2.26. The number of ether oxygens (including phenoxy) is 1. The number of carbonyl (C=O) groups is 2. The van der Waals surface area contributed by atoms with E-state index >= 15 is 8.78 Å². The molecule has 256 valence electrons. The molecule has 1 fully saturated rings. The molecule has 49 heavy (non-hydrogen) atoms. The lowest BCUT2D eigenvalue weighted by atomic mass is 9.93. The van der Waals surface area contributed by atoms with E-state index in [4.69, 9.17) is 16.3 Å². The van der Waals surface area contributed by atoms with E-state index in [2.05, 4.69) is 15.6 Å². The van der Waals surface area contributed by atoms with Crippen molar-refractivity contribution in [1.82, 2.24) is 19.3 Å². The van der Waals surface area contributed by atoms with Crippen LogP contribution in [-0.2, 0) is 16.6 Å². The standard InChI is InChI=1S/C36H34ClF4N5O3/c1-19-43-34-29(45(19)2)18-24(36(40)41)31(32(34)37)23-6-5-15-46-27(23)12-13-28(46)35(48)20-16-25(38)33(26(39)17-20)44-30(47)7-4-14-42-21-8-10-22(49-3)11-9-21/h4-7,12-13,15-18,21-22,36,42H,8-11,14H2,1-3H3,(H,44,47)/b7-4+. The molecule has 3 heterocycles. The fraction of sp³-hybridized carbons (Fsp3) is 0.306. The summed E-state index contributed by atoms with van der Waals surface area (Å²) < 4.78 is 67.6. The summed E-state index contributed by atoms with van der Waals surface area (Å²) in [6.45, 7) is 2.15. The monoisotopic (exact) mass is 695 g/mol. The molecule has 0 aliphatic heterocycles. The van der Waals surface area contributed by atoms with Crippen molar-refractivity contribution in [2.24, 2.45) is 7.05 Å². The summed E-state index contributed by atoms with van der Waals surface area (Å²) in [4.78, 5) is 30.5. The number of ketones is 1. The fourth-order valence-corrected chi connectivity index (χ4v) is 6.79. The molecule has 6 rings (SSSR count). The number of benzene rings is 2. The molecule has 2 N–H and O–H groups in total. The van der Waals surface area contributed by atoms with Crippen LogP contribution in [0, 0.1) is 18.6 Å². The third-order valence-electron chi connectivity index (χ3n) is 9.15. The average molecular weight is 696 g/mol. The van der Waals surface area contributed by atoms with Gasteiger partial charge in [-0.05, 0) is 69.0 Å². The zero-order valence-electron chi connectivity index (χ0n) is 27.0. The van der Waals surface area contributed by atoms with Crippen LogP contribution >= 0.6 is 11.6 Å². The fourth-order valence-electron chi connectivity index (χ4n) is 6.44. The van der Waals surface area contributed by atoms with Crippen molar-refractivity contribution in [2.45, 2.75) is 51.2 Å². The van der Waals surface area contributed by atoms with E-state index in [1.54, 1.807) is 56.1 Å². The molecule has 0 radical (unpaired) electrons. The summed E-state index contributed by atoms with van der Waals surface area (Å²) in [5.74, 6) is -3.13. The predicted molar refractivity (Wildman–Crippen MR) is 180 cm³/mol. The van der Waals surface area contributed by atoms with Gasteiger partial charge in [0.25, 0.3) is 6.43 Å². The minimum atomic E-state index is -2.87. The minimum Gasteiger partial charge on any atom is -0.381 e. The van der Waals surface area contributed by atoms with Gasteiger partial charge in [0.15, 0.2) is 0 Å². The van der Waals surface area contributed by atoms with Crippen LogP contribution in [0.3, 0.4) is 0 Å². The highest BCUT2D eigenvalue weighted by molar-refractivity contribution is 6.38. The van der Waals surface area contributed by atoms with Gasteiger partial charge in [-0.25, -0.2) is 22.5 Å². The van der Waals surface area contributed by atoms with Gasteiger partial charge in [0.1, 0.15) is 28.7 Å². The van der Waals surface area contributed by atoms with E-state index in [-0.39, 0.29) is 33.5 Å². The molecular weight excluding hydrogens is 662 g/mol. The van der Waals surface area contributed by atoms with Crippen molar-refractivity contribution in [2.75, 3.05) is 19.0 Å². The topological polar surface area (TPSA) is 89.7 Å². The van der Waals surface area contributed by atoms with Gasteiger partial charge in [0.2, 0.25) is 11.7 Å². The number of carbonyl (C=O) groups excluding carboxylic acids is 2. The quantitative estimate of drug-likeness (QED) is 0.0880. The van der Waals surface area contributed by atoms with E-state index in [0.717, 1.165) is 37.8 Å². The van der Waals surface area contributed by atoms with Crippen molar-refractivity contribution in [1.29, 1.82) is 0 Å². The largest absolute Gasteiger partial charge is 0.381 e. The Morgan fingerprint density at radius 2 is 1.80 bits per heavy atom. The van der Waals surface area contributed by atoms with Gasteiger partial charge in [-0.3, -0.25) is 9.59 Å². The molecule has 5 aromatic rings. The number of nitrogens with zero attached hydrogens (tertiary/aromatic N) is 3. The summed E-state index contributed by atoms with van der Waals surface area (Å²) in [5, 5.41) is 5.58. The number of aromatic nitrogens is 3. The number of amides is 1. The van der Waals surface area contributed by atoms with Gasteiger partial charge in [-0.1, -0.05) is 23.7 Å². The molecular formula is C36H34ClF4N5O3. The van der Waals surface area contributed by atoms with Crippen LogP contribution in [0.15, 0.2) is 60.8 Å². The zero-order valence-corrected chi connectivity index (χ0v) is 27.8. The Morgan fingerprint density at radius 3 is 2.47 bits per heavy atom. The van der Waals surface area contributed by atoms with Crippen LogP contribution in [0.2, 0.25) is 5.02 Å². The second-order valence-electron chi connectivity index (χ2n) is 12.1. The van der Waals surface area contributed by atoms with Crippen molar-refractivity contribution in [3.8, 4) is 11.1 Å². The molecule has 1 aliphatic carbocycles. The maximum Gasteiger partial charge on any atom is 0.264 e. The summed E-state index contributed by atoms with van der Waals surface area (Å²) in [7, 11) is 3.41. The number of pyridine rings is 1. The molecule has 2 aromatic carbocycles. The minimum absolute atomic E-state index is 0.0306. The number of fused-ring (bicyclic) bond motifs is 2. The van der Waals surface area contributed by atoms with Crippen LogP contribution in [0.4, 0.5) is 23.2 Å². The summed E-state index contributed by atoms with van der Waals surface area (Å²) in [5.41, 5.74) is 0.306. The molecule has 0 saturated heterocycles. The first-order chi connectivity index (χ1) is 23.5. The number of imidazole rings is 1. The number of nitrogens with one attached hydrogen (secondary N) is 2. The van der Waals surface area contributed by atoms with E-state index in [9.17, 15) is 18.4 Å². The Hall–Kier alpha value is -4.52. The van der Waals surface area contributed by atoms with Crippen LogP contribution in [-0.4, -0.2) is 51.4 Å². The lowest BCUT2D eigenvalue weighted by molar-refractivity contribution is -0.112. The number of alkyl halides is 2. The molecule has 1 saturated carbocycles. The number of halogens is 5. The Bertz CT molecular complexity index is 2080. The first-order valence-electron chi connectivity index (χ1n) is 15.8. The van der Waals surface area contributed by atoms with E-state index in [1.807, 2.05) is 0 Å². The smallest absolute Gasteiger partial charge is 0.264 e.